The Morgan fingerprint density at radius 1 is 1.28 bits per heavy atom. The Morgan fingerprint density at radius 2 is 1.94 bits per heavy atom. The zero-order chi connectivity index (χ0) is 13.4. The highest BCUT2D eigenvalue weighted by atomic mass is 16.5. The van der Waals surface area contributed by atoms with Crippen molar-refractivity contribution in [3.8, 4) is 0 Å². The Bertz CT molecular complexity index is 213. The summed E-state index contributed by atoms with van der Waals surface area (Å²) < 4.78 is 11.6. The van der Waals surface area contributed by atoms with Crippen LogP contribution in [0.3, 0.4) is 0 Å². The highest BCUT2D eigenvalue weighted by molar-refractivity contribution is 4.89. The highest BCUT2D eigenvalue weighted by Gasteiger charge is 2.36. The summed E-state index contributed by atoms with van der Waals surface area (Å²) in [6, 6.07) is 0. The van der Waals surface area contributed by atoms with Crippen LogP contribution < -0.4 is 5.73 Å². The molecule has 0 heterocycles. The first-order chi connectivity index (χ1) is 8.65. The van der Waals surface area contributed by atoms with Gasteiger partial charge in [-0.25, -0.2) is 0 Å². The topological polar surface area (TPSA) is 44.5 Å². The average molecular weight is 257 g/mol. The van der Waals surface area contributed by atoms with Gasteiger partial charge in [0, 0.05) is 13.2 Å². The summed E-state index contributed by atoms with van der Waals surface area (Å²) in [5.74, 6) is 0.889. The molecule has 1 fully saturated rings. The summed E-state index contributed by atoms with van der Waals surface area (Å²) in [5.41, 5.74) is 5.89. The smallest absolute Gasteiger partial charge is 0.0809 e. The van der Waals surface area contributed by atoms with Crippen molar-refractivity contribution in [2.45, 2.75) is 71.0 Å². The normalized spacial score (nSPS) is 30.3. The maximum Gasteiger partial charge on any atom is 0.0809 e. The Kier molecular flexibility index (Phi) is 7.20. The second kappa shape index (κ2) is 8.13. The second-order valence-corrected chi connectivity index (χ2v) is 5.71. The fraction of sp³-hybridized carbons (Fsp3) is 1.00. The van der Waals surface area contributed by atoms with Crippen molar-refractivity contribution in [1.29, 1.82) is 0 Å². The molecule has 0 amide bonds. The van der Waals surface area contributed by atoms with Crippen LogP contribution in [0.1, 0.15) is 59.3 Å². The van der Waals surface area contributed by atoms with Crippen LogP contribution in [0.5, 0.6) is 0 Å². The lowest BCUT2D eigenvalue weighted by molar-refractivity contribution is -0.127. The molecule has 3 nitrogen and oxygen atoms in total. The minimum absolute atomic E-state index is 0.0826. The second-order valence-electron chi connectivity index (χ2n) is 5.71. The monoisotopic (exact) mass is 257 g/mol. The van der Waals surface area contributed by atoms with Crippen molar-refractivity contribution >= 4 is 0 Å². The zero-order valence-electron chi connectivity index (χ0n) is 12.4. The molecule has 1 unspecified atom stereocenters. The lowest BCUT2D eigenvalue weighted by Crippen LogP contribution is -2.46. The quantitative estimate of drug-likeness (QED) is 0.726. The third kappa shape index (κ3) is 4.87. The van der Waals surface area contributed by atoms with Crippen LogP contribution >= 0.6 is 0 Å². The molecule has 0 aromatic carbocycles. The van der Waals surface area contributed by atoms with Crippen LogP contribution in [0, 0.1) is 5.92 Å². The van der Waals surface area contributed by atoms with Gasteiger partial charge in [0.15, 0.2) is 0 Å². The third-order valence-electron chi connectivity index (χ3n) is 4.09. The number of hydrogen-bond donors (Lipinski definition) is 1. The van der Waals surface area contributed by atoms with Crippen LogP contribution in [-0.2, 0) is 9.47 Å². The minimum Gasteiger partial charge on any atom is -0.379 e. The van der Waals surface area contributed by atoms with E-state index in [0.29, 0.717) is 13.2 Å². The van der Waals surface area contributed by atoms with E-state index in [1.165, 1.54) is 25.7 Å². The first kappa shape index (κ1) is 15.9. The van der Waals surface area contributed by atoms with Crippen molar-refractivity contribution in [2.24, 2.45) is 11.7 Å². The van der Waals surface area contributed by atoms with Crippen LogP contribution in [0.15, 0.2) is 0 Å². The van der Waals surface area contributed by atoms with E-state index in [2.05, 4.69) is 13.8 Å². The van der Waals surface area contributed by atoms with Gasteiger partial charge >= 0.3 is 0 Å². The molecule has 1 saturated carbocycles. The average Bonchev–Trinajstić information content (AvgIpc) is 2.39. The first-order valence-electron chi connectivity index (χ1n) is 7.61. The van der Waals surface area contributed by atoms with Crippen molar-refractivity contribution in [3.63, 3.8) is 0 Å². The van der Waals surface area contributed by atoms with Gasteiger partial charge in [0.25, 0.3) is 0 Å². The summed E-state index contributed by atoms with van der Waals surface area (Å²) in [7, 11) is 0. The molecule has 3 heteroatoms. The van der Waals surface area contributed by atoms with E-state index in [1.54, 1.807) is 0 Å². The zero-order valence-corrected chi connectivity index (χ0v) is 12.4. The largest absolute Gasteiger partial charge is 0.379 e. The molecule has 0 aliphatic heterocycles. The summed E-state index contributed by atoms with van der Waals surface area (Å²) in [6.45, 7) is 8.44. The SMILES string of the molecule is CCCC1CCC(CN)(OC(C)COCC)CC1. The van der Waals surface area contributed by atoms with Crippen molar-refractivity contribution in [1.82, 2.24) is 0 Å². The molecule has 1 atom stereocenters. The van der Waals surface area contributed by atoms with Gasteiger partial charge in [-0.2, -0.15) is 0 Å². The van der Waals surface area contributed by atoms with Crippen molar-refractivity contribution in [2.75, 3.05) is 19.8 Å². The number of nitrogens with two attached hydrogens (primary N) is 1. The molecule has 108 valence electrons. The summed E-state index contributed by atoms with van der Waals surface area (Å²) in [6.07, 6.45) is 7.57. The van der Waals surface area contributed by atoms with Gasteiger partial charge < -0.3 is 15.2 Å². The van der Waals surface area contributed by atoms with Crippen LogP contribution in [-0.4, -0.2) is 31.5 Å². The Morgan fingerprint density at radius 3 is 2.44 bits per heavy atom. The maximum atomic E-state index is 6.21. The molecule has 0 aromatic rings. The number of hydrogen-bond acceptors (Lipinski definition) is 3. The highest BCUT2D eigenvalue weighted by Crippen LogP contribution is 2.37. The van der Waals surface area contributed by atoms with Gasteiger partial charge in [-0.05, 0) is 45.4 Å². The lowest BCUT2D eigenvalue weighted by atomic mass is 9.77. The molecule has 0 bridgehead atoms. The van der Waals surface area contributed by atoms with Crippen molar-refractivity contribution in [3.05, 3.63) is 0 Å². The van der Waals surface area contributed by atoms with Crippen LogP contribution in [0.2, 0.25) is 0 Å². The fourth-order valence-electron chi connectivity index (χ4n) is 3.02. The van der Waals surface area contributed by atoms with E-state index in [1.807, 2.05) is 6.92 Å². The van der Waals surface area contributed by atoms with Gasteiger partial charge in [0.05, 0.1) is 18.3 Å². The molecular formula is C15H31NO2. The fourth-order valence-corrected chi connectivity index (χ4v) is 3.02. The molecular weight excluding hydrogens is 226 g/mol. The Labute approximate surface area is 112 Å². The van der Waals surface area contributed by atoms with E-state index in [0.717, 1.165) is 25.4 Å². The van der Waals surface area contributed by atoms with Gasteiger partial charge in [-0.3, -0.25) is 0 Å². The minimum atomic E-state index is -0.0826. The summed E-state index contributed by atoms with van der Waals surface area (Å²) in [5, 5.41) is 0. The maximum absolute atomic E-state index is 6.21. The van der Waals surface area contributed by atoms with Crippen LogP contribution in [0.4, 0.5) is 0 Å². The Hall–Kier alpha value is -0.120. The van der Waals surface area contributed by atoms with Gasteiger partial charge in [0.2, 0.25) is 0 Å². The number of ether oxygens (including phenoxy) is 2. The van der Waals surface area contributed by atoms with Gasteiger partial charge in [-0.15, -0.1) is 0 Å². The molecule has 0 radical (unpaired) electrons. The molecule has 1 aliphatic carbocycles. The standard InChI is InChI=1S/C15H31NO2/c1-4-6-14-7-9-15(12-16,10-8-14)18-13(3)11-17-5-2/h13-14H,4-12,16H2,1-3H3. The number of rotatable bonds is 8. The molecule has 0 spiro atoms. The van der Waals surface area contributed by atoms with Gasteiger partial charge in [0.1, 0.15) is 0 Å². The molecule has 1 rings (SSSR count). The molecule has 1 aliphatic rings. The third-order valence-corrected chi connectivity index (χ3v) is 4.09. The lowest BCUT2D eigenvalue weighted by Gasteiger charge is -2.41. The van der Waals surface area contributed by atoms with E-state index in [-0.39, 0.29) is 11.7 Å². The van der Waals surface area contributed by atoms with Crippen molar-refractivity contribution < 1.29 is 9.47 Å². The summed E-state index contributed by atoms with van der Waals surface area (Å²) in [4.78, 5) is 0. The van der Waals surface area contributed by atoms with Gasteiger partial charge in [-0.1, -0.05) is 19.8 Å². The predicted octanol–water partition coefficient (Wildman–Crippen LogP) is 3.12. The van der Waals surface area contributed by atoms with E-state index in [9.17, 15) is 0 Å². The van der Waals surface area contributed by atoms with E-state index < -0.39 is 0 Å². The Balaban J connectivity index is 2.40. The van der Waals surface area contributed by atoms with E-state index in [4.69, 9.17) is 15.2 Å². The molecule has 18 heavy (non-hydrogen) atoms. The summed E-state index contributed by atoms with van der Waals surface area (Å²) >= 11 is 0. The molecule has 0 aromatic heterocycles. The van der Waals surface area contributed by atoms with Crippen LogP contribution in [0.25, 0.3) is 0 Å². The molecule has 0 saturated heterocycles. The van der Waals surface area contributed by atoms with E-state index >= 15 is 0 Å². The molecule has 2 N–H and O–H groups in total. The predicted molar refractivity (Wildman–Crippen MR) is 75.7 cm³/mol. The first-order valence-corrected chi connectivity index (χ1v) is 7.61.